The molecule has 0 aliphatic heterocycles. The molecule has 0 saturated carbocycles. The van der Waals surface area contributed by atoms with Crippen molar-refractivity contribution in [2.24, 2.45) is 5.92 Å². The van der Waals surface area contributed by atoms with Gasteiger partial charge in [-0.15, -0.1) is 0 Å². The fraction of sp³-hybridized carbons (Fsp3) is 0.500. The highest BCUT2D eigenvalue weighted by atomic mass is 16.5. The highest BCUT2D eigenvalue weighted by Crippen LogP contribution is 2.25. The van der Waals surface area contributed by atoms with Crippen molar-refractivity contribution >= 4 is 5.97 Å². The molecule has 3 heteroatoms. The molecule has 0 amide bonds. The minimum Gasteiger partial charge on any atom is -0.507 e. The van der Waals surface area contributed by atoms with Crippen molar-refractivity contribution in [3.63, 3.8) is 0 Å². The van der Waals surface area contributed by atoms with E-state index in [9.17, 15) is 9.90 Å². The Bertz CT molecular complexity index is 385. The smallest absolute Gasteiger partial charge is 0.308 e. The van der Waals surface area contributed by atoms with Gasteiger partial charge in [0.05, 0.1) is 12.5 Å². The van der Waals surface area contributed by atoms with Gasteiger partial charge in [-0.2, -0.15) is 0 Å². The van der Waals surface area contributed by atoms with E-state index < -0.39 is 0 Å². The van der Waals surface area contributed by atoms with Crippen molar-refractivity contribution in [3.8, 4) is 5.75 Å². The lowest BCUT2D eigenvalue weighted by Gasteiger charge is -2.13. The van der Waals surface area contributed by atoms with Crippen LogP contribution < -0.4 is 0 Å². The van der Waals surface area contributed by atoms with Crippen molar-refractivity contribution in [2.45, 2.75) is 33.6 Å². The zero-order chi connectivity index (χ0) is 12.8. The largest absolute Gasteiger partial charge is 0.507 e. The molecule has 94 valence electrons. The molecule has 1 atom stereocenters. The molecular weight excluding hydrogens is 216 g/mol. The summed E-state index contributed by atoms with van der Waals surface area (Å²) in [5, 5.41) is 10.00. The number of rotatable bonds is 5. The molecule has 0 saturated heterocycles. The number of carbonyl (C=O) groups is 1. The summed E-state index contributed by atoms with van der Waals surface area (Å²) in [6.45, 7) is 5.99. The zero-order valence-electron chi connectivity index (χ0n) is 10.7. The standard InChI is InChI=1S/C14H20O3/c1-4-11-7-6-8-12(13(11)15)9-10(3)14(16)17-5-2/h6-8,10,15H,4-5,9H2,1-3H3. The summed E-state index contributed by atoms with van der Waals surface area (Å²) in [4.78, 5) is 11.5. The molecule has 1 unspecified atom stereocenters. The van der Waals surface area contributed by atoms with Crippen LogP contribution in [-0.2, 0) is 22.4 Å². The van der Waals surface area contributed by atoms with Gasteiger partial charge in [0.1, 0.15) is 5.75 Å². The van der Waals surface area contributed by atoms with Crippen LogP contribution in [-0.4, -0.2) is 17.7 Å². The van der Waals surface area contributed by atoms with Crippen LogP contribution in [0.4, 0.5) is 0 Å². The number of phenolic OH excluding ortho intramolecular Hbond substituents is 1. The monoisotopic (exact) mass is 236 g/mol. The normalized spacial score (nSPS) is 12.2. The molecule has 0 fully saturated rings. The average Bonchev–Trinajstić information content (AvgIpc) is 2.32. The first-order chi connectivity index (χ1) is 8.10. The van der Waals surface area contributed by atoms with Crippen LogP contribution in [0.25, 0.3) is 0 Å². The van der Waals surface area contributed by atoms with Gasteiger partial charge in [-0.1, -0.05) is 32.0 Å². The second-order valence-electron chi connectivity index (χ2n) is 4.14. The lowest BCUT2D eigenvalue weighted by atomic mass is 9.97. The Morgan fingerprint density at radius 2 is 2.00 bits per heavy atom. The summed E-state index contributed by atoms with van der Waals surface area (Å²) in [5.41, 5.74) is 1.73. The molecule has 0 aromatic heterocycles. The van der Waals surface area contributed by atoms with Crippen molar-refractivity contribution in [1.29, 1.82) is 0 Å². The maximum absolute atomic E-state index is 11.5. The van der Waals surface area contributed by atoms with Gasteiger partial charge in [0.15, 0.2) is 0 Å². The number of hydrogen-bond donors (Lipinski definition) is 1. The summed E-state index contributed by atoms with van der Waals surface area (Å²) >= 11 is 0. The van der Waals surface area contributed by atoms with E-state index in [1.807, 2.05) is 32.0 Å². The van der Waals surface area contributed by atoms with Crippen LogP contribution >= 0.6 is 0 Å². The van der Waals surface area contributed by atoms with Gasteiger partial charge in [0, 0.05) is 0 Å². The molecule has 17 heavy (non-hydrogen) atoms. The Hall–Kier alpha value is -1.51. The third-order valence-corrected chi connectivity index (χ3v) is 2.80. The fourth-order valence-corrected chi connectivity index (χ4v) is 1.79. The second-order valence-corrected chi connectivity index (χ2v) is 4.14. The molecule has 3 nitrogen and oxygen atoms in total. The highest BCUT2D eigenvalue weighted by molar-refractivity contribution is 5.72. The van der Waals surface area contributed by atoms with E-state index in [4.69, 9.17) is 4.74 Å². The molecule has 1 aromatic carbocycles. The lowest BCUT2D eigenvalue weighted by molar-refractivity contribution is -0.147. The third-order valence-electron chi connectivity index (χ3n) is 2.80. The lowest BCUT2D eigenvalue weighted by Crippen LogP contribution is -2.17. The quantitative estimate of drug-likeness (QED) is 0.799. The molecule has 0 bridgehead atoms. The van der Waals surface area contributed by atoms with Crippen molar-refractivity contribution in [1.82, 2.24) is 0 Å². The third kappa shape index (κ3) is 3.48. The summed E-state index contributed by atoms with van der Waals surface area (Å²) in [6, 6.07) is 5.66. The van der Waals surface area contributed by atoms with Gasteiger partial charge in [-0.3, -0.25) is 4.79 Å². The van der Waals surface area contributed by atoms with E-state index in [-0.39, 0.29) is 11.9 Å². The zero-order valence-corrected chi connectivity index (χ0v) is 10.7. The van der Waals surface area contributed by atoms with Crippen molar-refractivity contribution < 1.29 is 14.6 Å². The second kappa shape index (κ2) is 6.28. The van der Waals surface area contributed by atoms with E-state index in [0.29, 0.717) is 18.8 Å². The van der Waals surface area contributed by atoms with Gasteiger partial charge < -0.3 is 9.84 Å². The first kappa shape index (κ1) is 13.6. The maximum atomic E-state index is 11.5. The SMILES string of the molecule is CCOC(=O)C(C)Cc1cccc(CC)c1O. The molecule has 1 N–H and O–H groups in total. The van der Waals surface area contributed by atoms with E-state index in [1.165, 1.54) is 0 Å². The van der Waals surface area contributed by atoms with Crippen LogP contribution in [0.5, 0.6) is 5.75 Å². The van der Waals surface area contributed by atoms with Gasteiger partial charge >= 0.3 is 5.97 Å². The summed E-state index contributed by atoms with van der Waals surface area (Å²) < 4.78 is 4.95. The first-order valence-corrected chi connectivity index (χ1v) is 6.06. The average molecular weight is 236 g/mol. The predicted octanol–water partition coefficient (Wildman–Crippen LogP) is 2.70. The van der Waals surface area contributed by atoms with Crippen molar-refractivity contribution in [2.75, 3.05) is 6.61 Å². The molecule has 0 aliphatic carbocycles. The molecule has 0 spiro atoms. The highest BCUT2D eigenvalue weighted by Gasteiger charge is 2.17. The first-order valence-electron chi connectivity index (χ1n) is 6.06. The van der Waals surface area contributed by atoms with E-state index in [2.05, 4.69) is 0 Å². The van der Waals surface area contributed by atoms with Gasteiger partial charge in [-0.25, -0.2) is 0 Å². The Morgan fingerprint density at radius 3 is 2.59 bits per heavy atom. The van der Waals surface area contributed by atoms with Crippen LogP contribution in [0.1, 0.15) is 31.9 Å². The van der Waals surface area contributed by atoms with Crippen LogP contribution in [0.15, 0.2) is 18.2 Å². The van der Waals surface area contributed by atoms with Gasteiger partial charge in [0.2, 0.25) is 0 Å². The van der Waals surface area contributed by atoms with Gasteiger partial charge in [-0.05, 0) is 30.9 Å². The molecule has 0 aliphatic rings. The topological polar surface area (TPSA) is 46.5 Å². The molecule has 1 aromatic rings. The fourth-order valence-electron chi connectivity index (χ4n) is 1.79. The van der Waals surface area contributed by atoms with Crippen molar-refractivity contribution in [3.05, 3.63) is 29.3 Å². The van der Waals surface area contributed by atoms with E-state index in [0.717, 1.165) is 17.5 Å². The number of ether oxygens (including phenoxy) is 1. The predicted molar refractivity (Wildman–Crippen MR) is 67.0 cm³/mol. The summed E-state index contributed by atoms with van der Waals surface area (Å²) in [6.07, 6.45) is 1.30. The molecule has 0 heterocycles. The van der Waals surface area contributed by atoms with Gasteiger partial charge in [0.25, 0.3) is 0 Å². The van der Waals surface area contributed by atoms with Crippen LogP contribution in [0.2, 0.25) is 0 Å². The van der Waals surface area contributed by atoms with Crippen LogP contribution in [0, 0.1) is 5.92 Å². The Morgan fingerprint density at radius 1 is 1.35 bits per heavy atom. The maximum Gasteiger partial charge on any atom is 0.308 e. The molecular formula is C14H20O3. The van der Waals surface area contributed by atoms with E-state index in [1.54, 1.807) is 6.92 Å². The minimum atomic E-state index is -0.229. The number of aromatic hydroxyl groups is 1. The Balaban J connectivity index is 2.78. The summed E-state index contributed by atoms with van der Waals surface area (Å²) in [7, 11) is 0. The number of hydrogen-bond acceptors (Lipinski definition) is 3. The minimum absolute atomic E-state index is 0.214. The molecule has 1 rings (SSSR count). The Kier molecular flexibility index (Phi) is 5.01. The molecule has 0 radical (unpaired) electrons. The number of carbonyl (C=O) groups excluding carboxylic acids is 1. The number of benzene rings is 1. The Labute approximate surface area is 102 Å². The number of aryl methyl sites for hydroxylation is 1. The number of para-hydroxylation sites is 1. The summed E-state index contributed by atoms with van der Waals surface area (Å²) in [5.74, 6) is -0.132. The van der Waals surface area contributed by atoms with Crippen LogP contribution in [0.3, 0.4) is 0 Å². The van der Waals surface area contributed by atoms with E-state index >= 15 is 0 Å². The number of phenols is 1. The number of esters is 1.